The van der Waals surface area contributed by atoms with E-state index in [1.807, 2.05) is 42.6 Å². The molecule has 0 spiro atoms. The summed E-state index contributed by atoms with van der Waals surface area (Å²) in [5, 5.41) is 4.14. The van der Waals surface area contributed by atoms with Crippen molar-refractivity contribution in [1.82, 2.24) is 10.3 Å². The van der Waals surface area contributed by atoms with Crippen LogP contribution in [0.2, 0.25) is 0 Å². The Labute approximate surface area is 204 Å². The van der Waals surface area contributed by atoms with Crippen LogP contribution in [0.3, 0.4) is 0 Å². The molecule has 0 fully saturated rings. The maximum atomic E-state index is 14.0. The average molecular weight is 477 g/mol. The van der Waals surface area contributed by atoms with Gasteiger partial charge in [-0.3, -0.25) is 4.79 Å². The highest BCUT2D eigenvalue weighted by Gasteiger charge is 2.24. The van der Waals surface area contributed by atoms with Crippen LogP contribution < -0.4 is 19.5 Å². The van der Waals surface area contributed by atoms with E-state index in [0.717, 1.165) is 27.6 Å². The summed E-state index contributed by atoms with van der Waals surface area (Å²) >= 11 is 0. The fraction of sp³-hybridized carbons (Fsp3) is 0.250. The van der Waals surface area contributed by atoms with Gasteiger partial charge in [0.05, 0.1) is 21.3 Å². The first-order valence-electron chi connectivity index (χ1n) is 11.4. The van der Waals surface area contributed by atoms with E-state index in [-0.39, 0.29) is 24.0 Å². The van der Waals surface area contributed by atoms with Crippen LogP contribution in [-0.2, 0) is 11.2 Å². The molecule has 1 amide bonds. The fourth-order valence-electron chi connectivity index (χ4n) is 4.38. The van der Waals surface area contributed by atoms with Crippen LogP contribution in [0.5, 0.6) is 17.2 Å². The average Bonchev–Trinajstić information content (AvgIpc) is 3.31. The minimum absolute atomic E-state index is 0.118. The maximum Gasteiger partial charge on any atom is 0.220 e. The van der Waals surface area contributed by atoms with E-state index < -0.39 is 5.82 Å². The number of aryl methyl sites for hydroxylation is 1. The van der Waals surface area contributed by atoms with Crippen molar-refractivity contribution >= 4 is 16.8 Å². The van der Waals surface area contributed by atoms with E-state index in [2.05, 4.69) is 16.4 Å². The number of fused-ring (bicyclic) bond motifs is 1. The molecule has 35 heavy (non-hydrogen) atoms. The SMILES string of the molecule is COc1ccc(CCC(=O)NCC(c2cccc(OC)c2OC)c2c[nH]c3ccccc23)cc1F. The number of hydrogen-bond donors (Lipinski definition) is 2. The summed E-state index contributed by atoms with van der Waals surface area (Å²) in [5.74, 6) is 0.712. The predicted octanol–water partition coefficient (Wildman–Crippen LogP) is 5.21. The van der Waals surface area contributed by atoms with Gasteiger partial charge in [0.25, 0.3) is 0 Å². The maximum absolute atomic E-state index is 14.0. The minimum atomic E-state index is -0.435. The van der Waals surface area contributed by atoms with Gasteiger partial charge in [-0.1, -0.05) is 36.4 Å². The molecule has 1 unspecified atom stereocenters. The van der Waals surface area contributed by atoms with E-state index in [9.17, 15) is 9.18 Å². The second kappa shape index (κ2) is 11.0. The van der Waals surface area contributed by atoms with Gasteiger partial charge in [-0.25, -0.2) is 4.39 Å². The van der Waals surface area contributed by atoms with Gasteiger partial charge in [0, 0.05) is 41.5 Å². The number of ether oxygens (including phenoxy) is 3. The fourth-order valence-corrected chi connectivity index (χ4v) is 4.38. The molecule has 0 aliphatic carbocycles. The molecular weight excluding hydrogens is 447 g/mol. The van der Waals surface area contributed by atoms with Gasteiger partial charge in [0.15, 0.2) is 23.1 Å². The highest BCUT2D eigenvalue weighted by atomic mass is 19.1. The number of para-hydroxylation sites is 2. The highest BCUT2D eigenvalue weighted by Crippen LogP contribution is 2.40. The third-order valence-electron chi connectivity index (χ3n) is 6.17. The van der Waals surface area contributed by atoms with Crippen molar-refractivity contribution in [3.05, 3.63) is 89.4 Å². The molecule has 0 saturated heterocycles. The summed E-state index contributed by atoms with van der Waals surface area (Å²) in [5.41, 5.74) is 3.71. The van der Waals surface area contributed by atoms with E-state index in [0.29, 0.717) is 24.5 Å². The van der Waals surface area contributed by atoms with Gasteiger partial charge in [-0.15, -0.1) is 0 Å². The second-order valence-electron chi connectivity index (χ2n) is 8.20. The zero-order valence-corrected chi connectivity index (χ0v) is 20.1. The summed E-state index contributed by atoms with van der Waals surface area (Å²) < 4.78 is 30.2. The molecule has 0 aliphatic rings. The lowest BCUT2D eigenvalue weighted by Gasteiger charge is -2.22. The number of halogens is 1. The zero-order chi connectivity index (χ0) is 24.8. The van der Waals surface area contributed by atoms with Crippen molar-refractivity contribution in [1.29, 1.82) is 0 Å². The Morgan fingerprint density at radius 3 is 2.49 bits per heavy atom. The van der Waals surface area contributed by atoms with Crippen molar-refractivity contribution in [2.75, 3.05) is 27.9 Å². The van der Waals surface area contributed by atoms with E-state index >= 15 is 0 Å². The first kappa shape index (κ1) is 24.1. The number of methoxy groups -OCH3 is 3. The molecule has 7 heteroatoms. The molecule has 6 nitrogen and oxygen atoms in total. The summed E-state index contributed by atoms with van der Waals surface area (Å²) in [7, 11) is 4.64. The molecule has 1 atom stereocenters. The largest absolute Gasteiger partial charge is 0.494 e. The van der Waals surface area contributed by atoms with E-state index in [1.165, 1.54) is 13.2 Å². The molecule has 0 radical (unpaired) electrons. The number of benzene rings is 3. The number of carbonyl (C=O) groups is 1. The molecular formula is C28H29FN2O4. The summed E-state index contributed by atoms with van der Waals surface area (Å²) in [6.07, 6.45) is 2.63. The number of aromatic amines is 1. The molecule has 4 rings (SSSR count). The predicted molar refractivity (Wildman–Crippen MR) is 134 cm³/mol. The van der Waals surface area contributed by atoms with E-state index in [1.54, 1.807) is 26.4 Å². The summed E-state index contributed by atoms with van der Waals surface area (Å²) in [4.78, 5) is 16.1. The van der Waals surface area contributed by atoms with Crippen molar-refractivity contribution in [3.63, 3.8) is 0 Å². The molecule has 182 valence electrons. The quantitative estimate of drug-likeness (QED) is 0.329. The minimum Gasteiger partial charge on any atom is -0.494 e. The zero-order valence-electron chi connectivity index (χ0n) is 20.1. The molecule has 1 aromatic heterocycles. The van der Waals surface area contributed by atoms with Crippen molar-refractivity contribution in [2.45, 2.75) is 18.8 Å². The third-order valence-corrected chi connectivity index (χ3v) is 6.17. The first-order chi connectivity index (χ1) is 17.0. The lowest BCUT2D eigenvalue weighted by atomic mass is 9.89. The Morgan fingerprint density at radius 2 is 1.74 bits per heavy atom. The number of nitrogens with one attached hydrogen (secondary N) is 2. The Bertz CT molecular complexity index is 1320. The van der Waals surface area contributed by atoms with Crippen LogP contribution in [0, 0.1) is 5.82 Å². The number of rotatable bonds is 10. The van der Waals surface area contributed by atoms with Gasteiger partial charge >= 0.3 is 0 Å². The highest BCUT2D eigenvalue weighted by molar-refractivity contribution is 5.84. The topological polar surface area (TPSA) is 72.6 Å². The van der Waals surface area contributed by atoms with Gasteiger partial charge < -0.3 is 24.5 Å². The number of carbonyl (C=O) groups excluding carboxylic acids is 1. The van der Waals surface area contributed by atoms with Crippen LogP contribution >= 0.6 is 0 Å². The van der Waals surface area contributed by atoms with Crippen molar-refractivity contribution in [3.8, 4) is 17.2 Å². The molecule has 3 aromatic carbocycles. The molecule has 4 aromatic rings. The van der Waals surface area contributed by atoms with E-state index in [4.69, 9.17) is 14.2 Å². The smallest absolute Gasteiger partial charge is 0.220 e. The van der Waals surface area contributed by atoms with Crippen molar-refractivity contribution < 1.29 is 23.4 Å². The van der Waals surface area contributed by atoms with Crippen LogP contribution in [-0.4, -0.2) is 38.8 Å². The monoisotopic (exact) mass is 476 g/mol. The second-order valence-corrected chi connectivity index (χ2v) is 8.20. The van der Waals surface area contributed by atoms with Crippen LogP contribution in [0.1, 0.15) is 29.0 Å². The molecule has 0 aliphatic heterocycles. The molecule has 2 N–H and O–H groups in total. The first-order valence-corrected chi connectivity index (χ1v) is 11.4. The number of amides is 1. The Balaban J connectivity index is 1.56. The normalized spacial score (nSPS) is 11.8. The lowest BCUT2D eigenvalue weighted by Crippen LogP contribution is -2.29. The third kappa shape index (κ3) is 5.24. The van der Waals surface area contributed by atoms with Crippen molar-refractivity contribution in [2.24, 2.45) is 0 Å². The van der Waals surface area contributed by atoms with Gasteiger partial charge in [-0.2, -0.15) is 0 Å². The van der Waals surface area contributed by atoms with Crippen LogP contribution in [0.4, 0.5) is 4.39 Å². The Kier molecular flexibility index (Phi) is 7.55. The standard InChI is InChI=1S/C28H29FN2O4/c1-33-25-13-11-18(15-23(25)29)12-14-27(32)31-17-22(20-8-6-10-26(34-2)28(20)35-3)21-16-30-24-9-5-4-7-19(21)24/h4-11,13,15-16,22,30H,12,14,17H2,1-3H3,(H,31,32). The number of H-pyrrole nitrogens is 1. The summed E-state index contributed by atoms with van der Waals surface area (Å²) in [6, 6.07) is 18.5. The van der Waals surface area contributed by atoms with Gasteiger partial charge in [0.2, 0.25) is 5.91 Å². The summed E-state index contributed by atoms with van der Waals surface area (Å²) in [6.45, 7) is 0.362. The molecule has 0 bridgehead atoms. The number of aromatic nitrogens is 1. The van der Waals surface area contributed by atoms with Crippen LogP contribution in [0.25, 0.3) is 10.9 Å². The number of hydrogen-bond acceptors (Lipinski definition) is 4. The van der Waals surface area contributed by atoms with Gasteiger partial charge in [-0.05, 0) is 41.8 Å². The molecule has 0 saturated carbocycles. The van der Waals surface area contributed by atoms with Gasteiger partial charge in [0.1, 0.15) is 0 Å². The molecule has 1 heterocycles. The lowest BCUT2D eigenvalue weighted by molar-refractivity contribution is -0.121. The Hall–Kier alpha value is -4.00. The van der Waals surface area contributed by atoms with Crippen LogP contribution in [0.15, 0.2) is 66.9 Å². The Morgan fingerprint density at radius 1 is 0.943 bits per heavy atom.